The first-order chi connectivity index (χ1) is 12.1. The van der Waals surface area contributed by atoms with E-state index in [0.717, 1.165) is 32.4 Å². The fraction of sp³-hybridized carbons (Fsp3) is 0.500. The summed E-state index contributed by atoms with van der Waals surface area (Å²) in [4.78, 5) is 17.0. The van der Waals surface area contributed by atoms with Crippen LogP contribution in [-0.4, -0.2) is 29.1 Å². The van der Waals surface area contributed by atoms with Crippen LogP contribution in [0, 0.1) is 24.1 Å². The van der Waals surface area contributed by atoms with E-state index in [1.165, 1.54) is 6.07 Å². The summed E-state index contributed by atoms with van der Waals surface area (Å²) in [5.41, 5.74) is 0.458. The Balaban J connectivity index is 1.57. The molecule has 1 aliphatic heterocycles. The van der Waals surface area contributed by atoms with E-state index in [1.807, 2.05) is 0 Å². The van der Waals surface area contributed by atoms with E-state index in [1.54, 1.807) is 25.1 Å². The van der Waals surface area contributed by atoms with E-state index in [4.69, 9.17) is 4.52 Å². The Morgan fingerprint density at radius 2 is 2.16 bits per heavy atom. The number of rotatable bonds is 4. The van der Waals surface area contributed by atoms with Crippen LogP contribution in [0.1, 0.15) is 42.6 Å². The number of benzene rings is 1. The Morgan fingerprint density at radius 3 is 2.84 bits per heavy atom. The number of carbonyl (C=O) groups is 1. The Morgan fingerprint density at radius 1 is 1.40 bits per heavy atom. The summed E-state index contributed by atoms with van der Waals surface area (Å²) in [5.74, 6) is 0.180. The highest BCUT2D eigenvalue weighted by Gasteiger charge is 2.57. The van der Waals surface area contributed by atoms with E-state index in [-0.39, 0.29) is 23.1 Å². The Hall–Kier alpha value is -2.28. The summed E-state index contributed by atoms with van der Waals surface area (Å²) in [5, 5.41) is 10.2. The number of carbonyl (C=O) groups excluding carboxylic acids is 1. The Kier molecular flexibility index (Phi) is 4.03. The third-order valence-electron chi connectivity index (χ3n) is 5.41. The maximum absolute atomic E-state index is 14.3. The second kappa shape index (κ2) is 6.22. The topological polar surface area (TPSA) is 80.0 Å². The van der Waals surface area contributed by atoms with Crippen molar-refractivity contribution in [2.24, 2.45) is 11.3 Å². The number of hydrogen-bond donors (Lipinski definition) is 2. The van der Waals surface area contributed by atoms with Crippen molar-refractivity contribution in [3.05, 3.63) is 47.4 Å². The van der Waals surface area contributed by atoms with Crippen LogP contribution >= 0.6 is 0 Å². The summed E-state index contributed by atoms with van der Waals surface area (Å²) in [7, 11) is 0. The number of piperidine rings is 1. The fourth-order valence-electron chi connectivity index (χ4n) is 3.86. The van der Waals surface area contributed by atoms with Crippen molar-refractivity contribution in [2.75, 3.05) is 13.1 Å². The quantitative estimate of drug-likeness (QED) is 0.888. The predicted molar refractivity (Wildman–Crippen MR) is 88.1 cm³/mol. The molecule has 1 saturated heterocycles. The number of amides is 1. The lowest BCUT2D eigenvalue weighted by atomic mass is 9.91. The van der Waals surface area contributed by atoms with Crippen molar-refractivity contribution in [3.63, 3.8) is 0 Å². The monoisotopic (exact) mass is 344 g/mol. The van der Waals surface area contributed by atoms with Crippen LogP contribution in [0.5, 0.6) is 0 Å². The van der Waals surface area contributed by atoms with Crippen LogP contribution in [-0.2, 0) is 4.79 Å². The molecule has 7 heteroatoms. The second-order valence-electron chi connectivity index (χ2n) is 7.00. The lowest BCUT2D eigenvalue weighted by molar-refractivity contribution is -0.123. The van der Waals surface area contributed by atoms with Crippen molar-refractivity contribution < 1.29 is 13.7 Å². The van der Waals surface area contributed by atoms with Crippen molar-refractivity contribution in [1.29, 1.82) is 0 Å². The standard InChI is InChI=1S/C18H21FN4O2/c1-11-21-16(23-25-11)15(12-4-2-3-5-14(12)19)22-17(24)13-10-18(13)6-8-20-9-7-18/h2-5,13,15,20H,6-10H2,1H3,(H,22,24)/t13-,15+/m0/s1. The number of nitrogens with zero attached hydrogens (tertiary/aromatic N) is 2. The molecule has 0 bridgehead atoms. The molecule has 2 aromatic rings. The maximum Gasteiger partial charge on any atom is 0.224 e. The molecule has 2 heterocycles. The van der Waals surface area contributed by atoms with Crippen LogP contribution in [0.2, 0.25) is 0 Å². The summed E-state index contributed by atoms with van der Waals surface area (Å²) >= 11 is 0. The third-order valence-corrected chi connectivity index (χ3v) is 5.41. The number of hydrogen-bond acceptors (Lipinski definition) is 5. The molecule has 132 valence electrons. The van der Waals surface area contributed by atoms with Crippen LogP contribution in [0.4, 0.5) is 4.39 Å². The van der Waals surface area contributed by atoms with Crippen LogP contribution in [0.15, 0.2) is 28.8 Å². The van der Waals surface area contributed by atoms with E-state index in [9.17, 15) is 9.18 Å². The van der Waals surface area contributed by atoms with E-state index >= 15 is 0 Å². The SMILES string of the molecule is Cc1nc([C@H](NC(=O)[C@@H]2CC23CCNCC3)c2ccccc2F)no1. The molecule has 1 aromatic carbocycles. The number of halogens is 1. The zero-order valence-electron chi connectivity index (χ0n) is 14.1. The summed E-state index contributed by atoms with van der Waals surface area (Å²) in [6.07, 6.45) is 2.92. The largest absolute Gasteiger partial charge is 0.342 e. The zero-order chi connectivity index (χ0) is 17.4. The van der Waals surface area contributed by atoms with E-state index < -0.39 is 11.9 Å². The van der Waals surface area contributed by atoms with Crippen LogP contribution in [0.25, 0.3) is 0 Å². The molecule has 1 aromatic heterocycles. The molecule has 6 nitrogen and oxygen atoms in total. The van der Waals surface area contributed by atoms with Crippen molar-refractivity contribution in [1.82, 2.24) is 20.8 Å². The highest BCUT2D eigenvalue weighted by atomic mass is 19.1. The average Bonchev–Trinajstić information content (AvgIpc) is 3.12. The lowest BCUT2D eigenvalue weighted by Crippen LogP contribution is -2.36. The smallest absolute Gasteiger partial charge is 0.224 e. The van der Waals surface area contributed by atoms with Gasteiger partial charge in [0.05, 0.1) is 0 Å². The van der Waals surface area contributed by atoms with Gasteiger partial charge < -0.3 is 15.2 Å². The van der Waals surface area contributed by atoms with Gasteiger partial charge in [0.15, 0.2) is 5.82 Å². The molecule has 0 radical (unpaired) electrons. The van der Waals surface area contributed by atoms with Gasteiger partial charge in [-0.1, -0.05) is 23.4 Å². The van der Waals surface area contributed by atoms with Crippen LogP contribution < -0.4 is 10.6 Å². The van der Waals surface area contributed by atoms with Crippen LogP contribution in [0.3, 0.4) is 0 Å². The minimum atomic E-state index is -0.745. The van der Waals surface area contributed by atoms with Crippen molar-refractivity contribution >= 4 is 5.91 Å². The Bertz CT molecular complexity index is 785. The number of aromatic nitrogens is 2. The molecule has 2 N–H and O–H groups in total. The summed E-state index contributed by atoms with van der Waals surface area (Å²) in [6, 6.07) is 5.61. The van der Waals surface area contributed by atoms with Crippen molar-refractivity contribution in [3.8, 4) is 0 Å². The molecule has 4 rings (SSSR count). The minimum absolute atomic E-state index is 0.0168. The molecule has 1 spiro atoms. The molecular weight excluding hydrogens is 323 g/mol. The van der Waals surface area contributed by atoms with E-state index in [0.29, 0.717) is 11.5 Å². The number of aryl methyl sites for hydroxylation is 1. The molecule has 2 aliphatic rings. The first-order valence-electron chi connectivity index (χ1n) is 8.65. The van der Waals surface area contributed by atoms with Gasteiger partial charge in [0.25, 0.3) is 0 Å². The van der Waals surface area contributed by atoms with Gasteiger partial charge in [0, 0.05) is 18.4 Å². The normalized spacial score (nSPS) is 22.6. The minimum Gasteiger partial charge on any atom is -0.342 e. The summed E-state index contributed by atoms with van der Waals surface area (Å²) in [6.45, 7) is 3.57. The Labute approximate surface area is 145 Å². The average molecular weight is 344 g/mol. The van der Waals surface area contributed by atoms with Crippen molar-refractivity contribution in [2.45, 2.75) is 32.2 Å². The van der Waals surface area contributed by atoms with Gasteiger partial charge in [-0.25, -0.2) is 4.39 Å². The third kappa shape index (κ3) is 3.04. The molecular formula is C18H21FN4O2. The van der Waals surface area contributed by atoms with Gasteiger partial charge in [0.1, 0.15) is 11.9 Å². The second-order valence-corrected chi connectivity index (χ2v) is 7.00. The lowest BCUT2D eigenvalue weighted by Gasteiger charge is -2.24. The van der Waals surface area contributed by atoms with E-state index in [2.05, 4.69) is 20.8 Å². The zero-order valence-corrected chi connectivity index (χ0v) is 14.1. The fourth-order valence-corrected chi connectivity index (χ4v) is 3.86. The van der Waals surface area contributed by atoms with Gasteiger partial charge in [0.2, 0.25) is 11.8 Å². The van der Waals surface area contributed by atoms with Gasteiger partial charge in [-0.2, -0.15) is 4.98 Å². The predicted octanol–water partition coefficient (Wildman–Crippen LogP) is 2.11. The highest BCUT2D eigenvalue weighted by Crippen LogP contribution is 2.58. The van der Waals surface area contributed by atoms with Gasteiger partial charge in [-0.05, 0) is 43.8 Å². The van der Waals surface area contributed by atoms with Gasteiger partial charge in [-0.15, -0.1) is 0 Å². The summed E-state index contributed by atoms with van der Waals surface area (Å²) < 4.78 is 19.3. The maximum atomic E-state index is 14.3. The molecule has 25 heavy (non-hydrogen) atoms. The first-order valence-corrected chi connectivity index (χ1v) is 8.65. The molecule has 0 unspecified atom stereocenters. The molecule has 2 fully saturated rings. The number of nitrogens with one attached hydrogen (secondary N) is 2. The molecule has 2 atom stereocenters. The molecule has 1 saturated carbocycles. The van der Waals surface area contributed by atoms with Gasteiger partial charge >= 0.3 is 0 Å². The molecule has 1 amide bonds. The highest BCUT2D eigenvalue weighted by molar-refractivity contribution is 5.83. The van der Waals surface area contributed by atoms with Gasteiger partial charge in [-0.3, -0.25) is 4.79 Å². The first kappa shape index (κ1) is 16.2. The molecule has 1 aliphatic carbocycles.